The number of aryl methyl sites for hydroxylation is 1. The van der Waals surface area contributed by atoms with Gasteiger partial charge in [-0.15, -0.1) is 0 Å². The normalized spacial score (nSPS) is 22.9. The number of aliphatic hydroxyl groups is 1. The van der Waals surface area contributed by atoms with Gasteiger partial charge in [-0.1, -0.05) is 31.2 Å². The highest BCUT2D eigenvalue weighted by atomic mass is 16.7. The summed E-state index contributed by atoms with van der Waals surface area (Å²) < 4.78 is 33.0. The average Bonchev–Trinajstić information content (AvgIpc) is 2.94. The van der Waals surface area contributed by atoms with Crippen LogP contribution < -0.4 is 4.74 Å². The third kappa shape index (κ3) is 7.88. The maximum atomic E-state index is 12.3. The lowest BCUT2D eigenvalue weighted by Gasteiger charge is -2.48. The fourth-order valence-electron chi connectivity index (χ4n) is 4.93. The van der Waals surface area contributed by atoms with Crippen molar-refractivity contribution in [1.82, 2.24) is 0 Å². The largest absolute Gasteiger partial charge is 0.495 e. The fraction of sp³-hybridized carbons (Fsp3) is 0.452. The van der Waals surface area contributed by atoms with Gasteiger partial charge in [0.05, 0.1) is 12.7 Å². The Kier molecular flexibility index (Phi) is 10.9. The molecule has 0 bridgehead atoms. The first-order chi connectivity index (χ1) is 20.3. The number of rotatable bonds is 10. The molecule has 1 N–H and O–H groups in total. The van der Waals surface area contributed by atoms with Gasteiger partial charge in [0.25, 0.3) is 0 Å². The smallest absolute Gasteiger partial charge is 0.303 e. The standard InChI is InChI=1S/C31H35NO11/c1-7-21-8-10-22(11-9-21)12-23-13-24(14-26(38-6)25(23)15-32)31(37)30(42-20(5)36)29(41-19(4)35)28(40-18(3)34)27(43-31)16-39-17(2)33/h8-11,13-14,27-30,37H,7,12,16H2,1-6H3/t27-,28-,29+,30-,31-/m1/s1. The highest BCUT2D eigenvalue weighted by Gasteiger charge is 2.60. The van der Waals surface area contributed by atoms with Gasteiger partial charge < -0.3 is 33.5 Å². The zero-order valence-corrected chi connectivity index (χ0v) is 24.9. The van der Waals surface area contributed by atoms with Crippen molar-refractivity contribution in [3.8, 4) is 11.8 Å². The number of benzene rings is 2. The summed E-state index contributed by atoms with van der Waals surface area (Å²) in [6.07, 6.45) is -5.12. The summed E-state index contributed by atoms with van der Waals surface area (Å²) in [5, 5.41) is 22.3. The van der Waals surface area contributed by atoms with Gasteiger partial charge in [0.1, 0.15) is 24.5 Å². The molecule has 2 aromatic rings. The van der Waals surface area contributed by atoms with Gasteiger partial charge in [-0.05, 0) is 41.7 Å². The molecule has 3 rings (SSSR count). The van der Waals surface area contributed by atoms with Crippen molar-refractivity contribution in [1.29, 1.82) is 5.26 Å². The van der Waals surface area contributed by atoms with Crippen molar-refractivity contribution in [2.75, 3.05) is 13.7 Å². The molecule has 12 heteroatoms. The van der Waals surface area contributed by atoms with Gasteiger partial charge in [-0.3, -0.25) is 19.2 Å². The van der Waals surface area contributed by atoms with Crippen LogP contribution in [0, 0.1) is 11.3 Å². The van der Waals surface area contributed by atoms with Crippen molar-refractivity contribution in [3.63, 3.8) is 0 Å². The Morgan fingerprint density at radius 1 is 0.907 bits per heavy atom. The minimum atomic E-state index is -2.57. The Bertz CT molecular complexity index is 1400. The van der Waals surface area contributed by atoms with Crippen LogP contribution in [-0.2, 0) is 61.5 Å². The second kappa shape index (κ2) is 14.1. The average molecular weight is 598 g/mol. The molecule has 0 radical (unpaired) electrons. The third-order valence-electron chi connectivity index (χ3n) is 6.81. The summed E-state index contributed by atoms with van der Waals surface area (Å²) in [5.74, 6) is -5.71. The molecule has 0 aromatic heterocycles. The van der Waals surface area contributed by atoms with Gasteiger partial charge in [0.2, 0.25) is 11.9 Å². The minimum Gasteiger partial charge on any atom is -0.495 e. The Morgan fingerprint density at radius 3 is 2.00 bits per heavy atom. The first kappa shape index (κ1) is 33.0. The summed E-state index contributed by atoms with van der Waals surface area (Å²) in [7, 11) is 1.34. The lowest BCUT2D eigenvalue weighted by atomic mass is 9.85. The Labute approximate surface area is 249 Å². The predicted octanol–water partition coefficient (Wildman–Crippen LogP) is 2.62. The molecule has 0 spiro atoms. The molecule has 12 nitrogen and oxygen atoms in total. The molecule has 1 aliphatic heterocycles. The molecule has 1 heterocycles. The highest BCUT2D eigenvalue weighted by molar-refractivity contribution is 5.69. The van der Waals surface area contributed by atoms with Crippen molar-refractivity contribution >= 4 is 23.9 Å². The minimum absolute atomic E-state index is 0.0268. The number of methoxy groups -OCH3 is 1. The van der Waals surface area contributed by atoms with E-state index in [4.69, 9.17) is 28.4 Å². The number of ether oxygens (including phenoxy) is 6. The number of carbonyl (C=O) groups is 4. The molecule has 0 amide bonds. The number of nitrogens with zero attached hydrogens (tertiary/aromatic N) is 1. The van der Waals surface area contributed by atoms with Crippen LogP contribution in [-0.4, -0.2) is 67.1 Å². The zero-order valence-electron chi connectivity index (χ0n) is 24.9. The molecule has 2 aromatic carbocycles. The van der Waals surface area contributed by atoms with E-state index in [9.17, 15) is 29.5 Å². The van der Waals surface area contributed by atoms with E-state index in [2.05, 4.69) is 6.07 Å². The van der Waals surface area contributed by atoms with Crippen LogP contribution in [0.3, 0.4) is 0 Å². The van der Waals surface area contributed by atoms with E-state index in [1.807, 2.05) is 31.2 Å². The molecular formula is C31H35NO11. The van der Waals surface area contributed by atoms with Crippen LogP contribution >= 0.6 is 0 Å². The second-order valence-electron chi connectivity index (χ2n) is 10.0. The quantitative estimate of drug-likeness (QED) is 0.314. The Morgan fingerprint density at radius 2 is 1.49 bits per heavy atom. The molecular weight excluding hydrogens is 562 g/mol. The van der Waals surface area contributed by atoms with Crippen LogP contribution in [0.15, 0.2) is 36.4 Å². The van der Waals surface area contributed by atoms with E-state index >= 15 is 0 Å². The van der Waals surface area contributed by atoms with Gasteiger partial charge in [-0.2, -0.15) is 5.26 Å². The maximum Gasteiger partial charge on any atom is 0.303 e. The first-order valence-electron chi connectivity index (χ1n) is 13.6. The zero-order chi connectivity index (χ0) is 31.9. The van der Waals surface area contributed by atoms with Crippen LogP contribution in [0.4, 0.5) is 0 Å². The summed E-state index contributed by atoms with van der Waals surface area (Å²) in [4.78, 5) is 48.2. The molecule has 5 atom stereocenters. The van der Waals surface area contributed by atoms with Crippen molar-refractivity contribution in [2.24, 2.45) is 0 Å². The topological polar surface area (TPSA) is 168 Å². The molecule has 1 saturated heterocycles. The number of nitriles is 1. The van der Waals surface area contributed by atoms with E-state index in [0.29, 0.717) is 5.56 Å². The maximum absolute atomic E-state index is 12.3. The summed E-state index contributed by atoms with van der Waals surface area (Å²) >= 11 is 0. The van der Waals surface area contributed by atoms with Crippen LogP contribution in [0.5, 0.6) is 5.75 Å². The van der Waals surface area contributed by atoms with Gasteiger partial charge >= 0.3 is 23.9 Å². The van der Waals surface area contributed by atoms with E-state index in [1.54, 1.807) is 0 Å². The van der Waals surface area contributed by atoms with Crippen LogP contribution in [0.25, 0.3) is 0 Å². The molecule has 43 heavy (non-hydrogen) atoms. The summed E-state index contributed by atoms with van der Waals surface area (Å²) in [5.41, 5.74) is 2.60. The van der Waals surface area contributed by atoms with Crippen molar-refractivity contribution in [3.05, 3.63) is 64.2 Å². The van der Waals surface area contributed by atoms with Crippen LogP contribution in [0.1, 0.15) is 62.4 Å². The monoisotopic (exact) mass is 597 g/mol. The number of esters is 4. The Balaban J connectivity index is 2.25. The Hall–Kier alpha value is -4.47. The van der Waals surface area contributed by atoms with E-state index in [1.165, 1.54) is 19.2 Å². The van der Waals surface area contributed by atoms with Crippen molar-refractivity contribution < 1.29 is 52.7 Å². The molecule has 0 aliphatic carbocycles. The summed E-state index contributed by atoms with van der Waals surface area (Å²) in [6.45, 7) is 5.90. The van der Waals surface area contributed by atoms with Gasteiger partial charge in [0, 0.05) is 33.3 Å². The lowest BCUT2D eigenvalue weighted by molar-refractivity contribution is -0.360. The molecule has 0 unspecified atom stereocenters. The number of hydrogen-bond donors (Lipinski definition) is 1. The van der Waals surface area contributed by atoms with Crippen molar-refractivity contribution in [2.45, 2.75) is 77.7 Å². The number of carbonyl (C=O) groups excluding carboxylic acids is 4. The molecule has 0 saturated carbocycles. The molecule has 1 aliphatic rings. The van der Waals surface area contributed by atoms with E-state index < -0.39 is 60.7 Å². The fourth-order valence-corrected chi connectivity index (χ4v) is 4.93. The number of hydrogen-bond acceptors (Lipinski definition) is 12. The van der Waals surface area contributed by atoms with Gasteiger partial charge in [-0.25, -0.2) is 0 Å². The first-order valence-corrected chi connectivity index (χ1v) is 13.6. The third-order valence-corrected chi connectivity index (χ3v) is 6.81. The van der Waals surface area contributed by atoms with E-state index in [0.717, 1.165) is 45.2 Å². The van der Waals surface area contributed by atoms with Crippen LogP contribution in [0.2, 0.25) is 0 Å². The van der Waals surface area contributed by atoms with E-state index in [-0.39, 0.29) is 23.3 Å². The SMILES string of the molecule is CCc1ccc(Cc2cc([C@@]3(O)O[C@H](COC(C)=O)[C@@H](OC(C)=O)[C@H](OC(C)=O)[C@H]3OC(C)=O)cc(OC)c2C#N)cc1. The van der Waals surface area contributed by atoms with Gasteiger partial charge in [0.15, 0.2) is 12.2 Å². The molecule has 230 valence electrons. The lowest BCUT2D eigenvalue weighted by Crippen LogP contribution is -2.66. The summed E-state index contributed by atoms with van der Waals surface area (Å²) in [6, 6.07) is 12.7. The molecule has 1 fully saturated rings. The highest BCUT2D eigenvalue weighted by Crippen LogP contribution is 2.43. The second-order valence-corrected chi connectivity index (χ2v) is 10.0. The predicted molar refractivity (Wildman–Crippen MR) is 148 cm³/mol.